The first kappa shape index (κ1) is 21.2. The van der Waals surface area contributed by atoms with Crippen LogP contribution in [0.2, 0.25) is 0 Å². The topological polar surface area (TPSA) is 64.4 Å². The van der Waals surface area contributed by atoms with Gasteiger partial charge < -0.3 is 14.2 Å². The van der Waals surface area contributed by atoms with Crippen molar-refractivity contribution < 1.29 is 13.9 Å². The van der Waals surface area contributed by atoms with E-state index < -0.39 is 11.4 Å². The third kappa shape index (κ3) is 4.23. The van der Waals surface area contributed by atoms with Gasteiger partial charge in [-0.05, 0) is 61.0 Å². The van der Waals surface area contributed by atoms with E-state index in [9.17, 15) is 14.0 Å². The number of hydrogen-bond donors (Lipinski definition) is 0. The Morgan fingerprint density at radius 1 is 1.16 bits per heavy atom. The van der Waals surface area contributed by atoms with Gasteiger partial charge in [0.1, 0.15) is 11.4 Å². The van der Waals surface area contributed by atoms with E-state index in [1.165, 1.54) is 18.3 Å². The summed E-state index contributed by atoms with van der Waals surface area (Å²) in [6.45, 7) is 2.44. The predicted molar refractivity (Wildman–Crippen MR) is 122 cm³/mol. The number of fused-ring (bicyclic) bond motifs is 1. The monoisotopic (exact) mass is 431 g/mol. The average Bonchev–Trinajstić information content (AvgIpc) is 2.80. The smallest absolute Gasteiger partial charge is 0.343 e. The second-order valence-corrected chi connectivity index (χ2v) is 7.36. The zero-order valence-electron chi connectivity index (χ0n) is 17.8. The predicted octanol–water partition coefficient (Wildman–Crippen LogP) is 4.34. The molecule has 2 aromatic heterocycles. The second-order valence-electron chi connectivity index (χ2n) is 7.36. The van der Waals surface area contributed by atoms with Crippen LogP contribution in [0.15, 0.2) is 78.0 Å². The highest BCUT2D eigenvalue weighted by Gasteiger charge is 2.18. The van der Waals surface area contributed by atoms with E-state index in [0.29, 0.717) is 23.1 Å². The molecule has 0 atom stereocenters. The molecule has 162 valence electrons. The summed E-state index contributed by atoms with van der Waals surface area (Å²) in [5, 5.41) is 0.371. The van der Waals surface area contributed by atoms with Gasteiger partial charge in [-0.3, -0.25) is 9.78 Å². The quantitative estimate of drug-likeness (QED) is 0.425. The molecule has 0 fully saturated rings. The van der Waals surface area contributed by atoms with Gasteiger partial charge in [-0.1, -0.05) is 6.07 Å². The molecule has 0 saturated heterocycles. The molecule has 0 saturated carbocycles. The number of anilines is 1. The lowest BCUT2D eigenvalue weighted by Crippen LogP contribution is -2.21. The molecule has 0 aliphatic carbocycles. The Morgan fingerprint density at radius 2 is 1.94 bits per heavy atom. The molecule has 7 heteroatoms. The van der Waals surface area contributed by atoms with E-state index in [1.54, 1.807) is 42.1 Å². The van der Waals surface area contributed by atoms with Gasteiger partial charge in [-0.2, -0.15) is 0 Å². The standard InChI is InChI=1S/C25H22FN3O3/c1-3-32-25(31)22-16-29(19-8-6-18(26)7-9-19)23-11-10-20(13-21(23)24(22)30)28(2)15-17-5-4-12-27-14-17/h4-14,16H,3,15H2,1-2H3. The summed E-state index contributed by atoms with van der Waals surface area (Å²) in [6, 6.07) is 15.2. The van der Waals surface area contributed by atoms with Crippen molar-refractivity contribution in [3.05, 3.63) is 100 Å². The molecule has 0 N–H and O–H groups in total. The van der Waals surface area contributed by atoms with Gasteiger partial charge in [0.15, 0.2) is 0 Å². The third-order valence-corrected chi connectivity index (χ3v) is 5.17. The molecule has 0 spiro atoms. The van der Waals surface area contributed by atoms with Crippen molar-refractivity contribution in [3.8, 4) is 5.69 Å². The van der Waals surface area contributed by atoms with Crippen LogP contribution in [0.3, 0.4) is 0 Å². The lowest BCUT2D eigenvalue weighted by molar-refractivity contribution is 0.0524. The largest absolute Gasteiger partial charge is 0.462 e. The Balaban J connectivity index is 1.86. The maximum atomic E-state index is 13.5. The highest BCUT2D eigenvalue weighted by Crippen LogP contribution is 2.24. The molecule has 0 aliphatic rings. The third-order valence-electron chi connectivity index (χ3n) is 5.17. The molecule has 0 amide bonds. The first-order valence-corrected chi connectivity index (χ1v) is 10.2. The number of ether oxygens (including phenoxy) is 1. The lowest BCUT2D eigenvalue weighted by atomic mass is 10.1. The average molecular weight is 431 g/mol. The Morgan fingerprint density at radius 3 is 2.62 bits per heavy atom. The Hall–Kier alpha value is -4.00. The number of aromatic nitrogens is 2. The minimum atomic E-state index is -0.690. The van der Waals surface area contributed by atoms with Gasteiger partial charge in [0.05, 0.1) is 12.1 Å². The molecule has 0 aliphatic heterocycles. The highest BCUT2D eigenvalue weighted by atomic mass is 19.1. The molecular formula is C25H22FN3O3. The minimum Gasteiger partial charge on any atom is -0.462 e. The Kier molecular flexibility index (Phi) is 5.98. The van der Waals surface area contributed by atoms with E-state index in [2.05, 4.69) is 4.98 Å². The highest BCUT2D eigenvalue weighted by molar-refractivity contribution is 5.95. The summed E-state index contributed by atoms with van der Waals surface area (Å²) >= 11 is 0. The summed E-state index contributed by atoms with van der Waals surface area (Å²) in [5.41, 5.74) is 2.58. The van der Waals surface area contributed by atoms with Crippen molar-refractivity contribution in [1.29, 1.82) is 0 Å². The summed E-state index contributed by atoms with van der Waals surface area (Å²) in [7, 11) is 1.92. The molecule has 0 radical (unpaired) electrons. The normalized spacial score (nSPS) is 10.8. The van der Waals surface area contributed by atoms with Crippen LogP contribution in [0.5, 0.6) is 0 Å². The van der Waals surface area contributed by atoms with Crippen LogP contribution < -0.4 is 10.3 Å². The number of halogens is 1. The van der Waals surface area contributed by atoms with Crippen LogP contribution >= 0.6 is 0 Å². The van der Waals surface area contributed by atoms with Crippen molar-refractivity contribution >= 4 is 22.6 Å². The first-order chi connectivity index (χ1) is 15.5. The van der Waals surface area contributed by atoms with Crippen LogP contribution in [0.1, 0.15) is 22.8 Å². The molecule has 4 aromatic rings. The van der Waals surface area contributed by atoms with E-state index in [4.69, 9.17) is 4.74 Å². The molecular weight excluding hydrogens is 409 g/mol. The molecule has 2 aromatic carbocycles. The molecule has 0 unspecified atom stereocenters. The van der Waals surface area contributed by atoms with Gasteiger partial charge in [-0.25, -0.2) is 9.18 Å². The van der Waals surface area contributed by atoms with Crippen molar-refractivity contribution in [2.24, 2.45) is 0 Å². The van der Waals surface area contributed by atoms with E-state index >= 15 is 0 Å². The van der Waals surface area contributed by atoms with Gasteiger partial charge in [0.2, 0.25) is 5.43 Å². The number of carbonyl (C=O) groups is 1. The number of pyridine rings is 2. The number of nitrogens with zero attached hydrogens (tertiary/aromatic N) is 3. The van der Waals surface area contributed by atoms with Crippen LogP contribution in [0.4, 0.5) is 10.1 Å². The van der Waals surface area contributed by atoms with E-state index in [0.717, 1.165) is 11.3 Å². The van der Waals surface area contributed by atoms with E-state index in [1.807, 2.05) is 36.2 Å². The van der Waals surface area contributed by atoms with Gasteiger partial charge in [-0.15, -0.1) is 0 Å². The Bertz CT molecular complexity index is 1320. The fourth-order valence-corrected chi connectivity index (χ4v) is 3.58. The van der Waals surface area contributed by atoms with Crippen LogP contribution in [-0.4, -0.2) is 29.2 Å². The van der Waals surface area contributed by atoms with Crippen molar-refractivity contribution in [2.75, 3.05) is 18.6 Å². The molecule has 2 heterocycles. The minimum absolute atomic E-state index is 0.0734. The van der Waals surface area contributed by atoms with Crippen LogP contribution in [-0.2, 0) is 11.3 Å². The fraction of sp³-hybridized carbons (Fsp3) is 0.160. The van der Waals surface area contributed by atoms with E-state index in [-0.39, 0.29) is 18.0 Å². The van der Waals surface area contributed by atoms with Crippen LogP contribution in [0.25, 0.3) is 16.6 Å². The maximum Gasteiger partial charge on any atom is 0.343 e. The summed E-state index contributed by atoms with van der Waals surface area (Å²) in [5.74, 6) is -1.06. The first-order valence-electron chi connectivity index (χ1n) is 10.2. The van der Waals surface area contributed by atoms with Gasteiger partial charge in [0, 0.05) is 48.9 Å². The molecule has 4 rings (SSSR count). The lowest BCUT2D eigenvalue weighted by Gasteiger charge is -2.21. The van der Waals surface area contributed by atoms with Crippen LogP contribution in [0, 0.1) is 5.82 Å². The van der Waals surface area contributed by atoms with Gasteiger partial charge >= 0.3 is 5.97 Å². The number of benzene rings is 2. The van der Waals surface area contributed by atoms with Crippen molar-refractivity contribution in [2.45, 2.75) is 13.5 Å². The second kappa shape index (κ2) is 9.01. The number of esters is 1. The maximum absolute atomic E-state index is 13.5. The zero-order valence-corrected chi connectivity index (χ0v) is 17.8. The SMILES string of the molecule is CCOC(=O)c1cn(-c2ccc(F)cc2)c2ccc(N(C)Cc3cccnc3)cc2c1=O. The fourth-order valence-electron chi connectivity index (χ4n) is 3.58. The van der Waals surface area contributed by atoms with Crippen molar-refractivity contribution in [1.82, 2.24) is 9.55 Å². The Labute approximate surface area is 184 Å². The van der Waals surface area contributed by atoms with Crippen molar-refractivity contribution in [3.63, 3.8) is 0 Å². The zero-order chi connectivity index (χ0) is 22.7. The number of carbonyl (C=O) groups excluding carboxylic acids is 1. The summed E-state index contributed by atoms with van der Waals surface area (Å²) in [6.07, 6.45) is 4.96. The number of hydrogen-bond acceptors (Lipinski definition) is 5. The number of rotatable bonds is 6. The molecule has 32 heavy (non-hydrogen) atoms. The molecule has 6 nitrogen and oxygen atoms in total. The summed E-state index contributed by atoms with van der Waals surface area (Å²) < 4.78 is 20.3. The molecule has 0 bridgehead atoms. The summed E-state index contributed by atoms with van der Waals surface area (Å²) in [4.78, 5) is 31.8. The van der Waals surface area contributed by atoms with Gasteiger partial charge in [0.25, 0.3) is 0 Å².